The van der Waals surface area contributed by atoms with Crippen LogP contribution in [0.25, 0.3) is 150 Å². The first-order valence-corrected chi connectivity index (χ1v) is 42.3. The average molecular weight is 1620 g/mol. The molecule has 598 valence electrons. The maximum absolute atomic E-state index is 10.5. The Bertz CT molecular complexity index is 8390. The normalized spacial score (nSPS) is 14.8. The van der Waals surface area contributed by atoms with Gasteiger partial charge in [-0.3, -0.25) is 0 Å². The number of fused-ring (bicyclic) bond motifs is 13. The molecule has 2 aliphatic heterocycles. The van der Waals surface area contributed by atoms with Gasteiger partial charge in [0.05, 0.1) is 72.1 Å². The zero-order valence-corrected chi connectivity index (χ0v) is 71.0. The molecule has 0 aliphatic carbocycles. The Labute approximate surface area is 748 Å². The summed E-state index contributed by atoms with van der Waals surface area (Å²) in [6.07, 6.45) is 0. The van der Waals surface area contributed by atoms with Gasteiger partial charge in [0.25, 0.3) is 6.71 Å². The molecule has 6 heterocycles. The SMILES string of the molecule is [2H]c1c([2H])c([2H])c2c(c1[2H])c1c([2H])c([2H])c([2H])c([2H])c1n2-c1ccc2c(c1)N(c1c(-c3ccccc3)cc(C(C)(C)C)cc1-c1ccccc1)c1cc(-n3c4c([2H])c([2H])c([2H])c([2H])c4c4c([2H])c([2H])c([2H])c([2H])c43)cc3c1B2c1ccc(-n2c4ccc(C(C)(C)C)cc4c4cc(C(C)(C)C)ccc42)cc1N3c1c(-c2ccccc2)cc(C(C)(C)C)cc1-c1nc(-c2ccccc2)nc(-c2ccccc2)n1. The first-order chi connectivity index (χ1) is 66.7. The minimum absolute atomic E-state index is 0.108. The second-order valence-electron chi connectivity index (χ2n) is 36.8. The van der Waals surface area contributed by atoms with E-state index in [4.69, 9.17) is 15.0 Å². The summed E-state index contributed by atoms with van der Waals surface area (Å²) in [6.45, 7) is 25.5. The van der Waals surface area contributed by atoms with E-state index >= 15 is 0 Å². The summed E-state index contributed by atoms with van der Waals surface area (Å²) in [5.74, 6) is 1.06. The smallest absolute Gasteiger partial charge is 0.252 e. The van der Waals surface area contributed by atoms with Crippen LogP contribution in [-0.2, 0) is 21.7 Å². The third-order valence-electron chi connectivity index (χ3n) is 25.0. The van der Waals surface area contributed by atoms with Crippen molar-refractivity contribution in [3.8, 4) is 84.6 Å². The average Bonchev–Trinajstić information content (AvgIpc) is 1.14. The molecule has 0 unspecified atom stereocenters. The molecule has 0 amide bonds. The molecule has 16 aromatic carbocycles. The molecule has 9 heteroatoms. The summed E-state index contributed by atoms with van der Waals surface area (Å²) in [6, 6.07) is 79.7. The van der Waals surface area contributed by atoms with E-state index in [2.05, 4.69) is 213 Å². The number of anilines is 6. The van der Waals surface area contributed by atoms with E-state index in [-0.39, 0.29) is 65.8 Å². The van der Waals surface area contributed by atoms with Crippen LogP contribution in [0.5, 0.6) is 0 Å². The molecule has 0 bridgehead atoms. The zero-order chi connectivity index (χ0) is 98.3. The standard InChI is InChI=1S/C115H95BN8/c1-112(2,3)77-54-60-100-91(62-77)92-63-78(113(4,5)6)55-61-101(92)121(100)82-57-59-95-103(69-82)124(108-90(74-40-22-15-23-41-74)66-80(115(10,11)12)67-93(108)111-118-109(75-42-24-16-25-43-75)117-110(119-111)76-44-26-17-27-45-76)105-71-83(122-98-52-34-30-48-86(98)87-49-31-35-53-99(87)122)70-104-106(105)116(95)94-58-56-81(120-96-50-32-28-46-84(96)85-47-29-33-51-97(85)120)68-102(94)123(104)107-88(72-36-18-13-19-37-72)64-79(114(7,8)9)65-89(107)73-38-20-14-21-39-73/h13-71H,1-12H3/i28D,29D,30D,31D,32D,33D,34D,35D,46D,47D,48D,49D,50D,51D,52D,53D. The fourth-order valence-electron chi connectivity index (χ4n) is 18.7. The maximum atomic E-state index is 10.5. The number of benzene rings is 16. The van der Waals surface area contributed by atoms with Crippen LogP contribution in [-0.4, -0.2) is 35.4 Å². The van der Waals surface area contributed by atoms with E-state index in [9.17, 15) is 21.9 Å². The molecule has 124 heavy (non-hydrogen) atoms. The first-order valence-electron chi connectivity index (χ1n) is 50.3. The Balaban J connectivity index is 1.01. The van der Waals surface area contributed by atoms with Crippen molar-refractivity contribution < 1.29 is 21.9 Å². The van der Waals surface area contributed by atoms with E-state index in [0.29, 0.717) is 68.1 Å². The van der Waals surface area contributed by atoms with Crippen LogP contribution in [0.2, 0.25) is 0 Å². The van der Waals surface area contributed by atoms with Crippen LogP contribution in [0, 0.1) is 0 Å². The topological polar surface area (TPSA) is 59.9 Å². The van der Waals surface area contributed by atoms with Crippen molar-refractivity contribution in [1.29, 1.82) is 0 Å². The molecule has 2 aliphatic rings. The van der Waals surface area contributed by atoms with Gasteiger partial charge in [0.2, 0.25) is 0 Å². The lowest BCUT2D eigenvalue weighted by molar-refractivity contribution is 0.590. The summed E-state index contributed by atoms with van der Waals surface area (Å²) in [4.78, 5) is 21.4. The van der Waals surface area contributed by atoms with Crippen molar-refractivity contribution in [3.05, 3.63) is 380 Å². The van der Waals surface area contributed by atoms with Gasteiger partial charge in [-0.05, 0) is 186 Å². The van der Waals surface area contributed by atoms with Crippen molar-refractivity contribution in [1.82, 2.24) is 28.7 Å². The van der Waals surface area contributed by atoms with E-state index in [1.54, 1.807) is 9.13 Å². The van der Waals surface area contributed by atoms with E-state index in [1.807, 2.05) is 146 Å². The highest BCUT2D eigenvalue weighted by Gasteiger charge is 2.47. The molecule has 22 rings (SSSR count). The molecule has 0 spiro atoms. The third kappa shape index (κ3) is 12.4. The van der Waals surface area contributed by atoms with Crippen LogP contribution in [0.1, 0.15) is 127 Å². The molecule has 4 aromatic heterocycles. The largest absolute Gasteiger partial charge is 0.310 e. The zero-order valence-electron chi connectivity index (χ0n) is 87.0. The van der Waals surface area contributed by atoms with Crippen LogP contribution in [0.4, 0.5) is 34.1 Å². The lowest BCUT2D eigenvalue weighted by Gasteiger charge is -2.46. The monoisotopic (exact) mass is 1610 g/mol. The van der Waals surface area contributed by atoms with Gasteiger partial charge in [-0.15, -0.1) is 0 Å². The Hall–Kier alpha value is -14.4. The Kier molecular flexibility index (Phi) is 13.9. The minimum Gasteiger partial charge on any atom is -0.310 e. The molecule has 0 saturated heterocycles. The summed E-state index contributed by atoms with van der Waals surface area (Å²) < 4.78 is 163. The molecule has 0 fully saturated rings. The van der Waals surface area contributed by atoms with Crippen LogP contribution < -0.4 is 26.2 Å². The highest BCUT2D eigenvalue weighted by atomic mass is 15.2. The predicted molar refractivity (Wildman–Crippen MR) is 524 cm³/mol. The fourth-order valence-corrected chi connectivity index (χ4v) is 18.7. The molecule has 0 atom stereocenters. The van der Waals surface area contributed by atoms with Crippen molar-refractivity contribution in [2.24, 2.45) is 0 Å². The quantitative estimate of drug-likeness (QED) is 0.121. The molecule has 0 saturated carbocycles. The number of rotatable bonds is 11. The predicted octanol–water partition coefficient (Wildman–Crippen LogP) is 28.4. The van der Waals surface area contributed by atoms with Gasteiger partial charge < -0.3 is 23.5 Å². The second kappa shape index (κ2) is 28.6. The Morgan fingerprint density at radius 2 is 0.548 bits per heavy atom. The van der Waals surface area contributed by atoms with Gasteiger partial charge in [-0.25, -0.2) is 15.0 Å². The number of nitrogens with zero attached hydrogens (tertiary/aromatic N) is 8. The second-order valence-corrected chi connectivity index (χ2v) is 36.8. The number of aromatic nitrogens is 6. The van der Waals surface area contributed by atoms with Crippen molar-refractivity contribution in [2.45, 2.75) is 105 Å². The fraction of sp³-hybridized carbons (Fsp3) is 0.139. The van der Waals surface area contributed by atoms with Crippen molar-refractivity contribution in [3.63, 3.8) is 0 Å². The highest BCUT2D eigenvalue weighted by Crippen LogP contribution is 2.56. The summed E-state index contributed by atoms with van der Waals surface area (Å²) >= 11 is 0. The van der Waals surface area contributed by atoms with Gasteiger partial charge in [0.1, 0.15) is 0 Å². The number of para-hydroxylation sites is 4. The molecular formula is C115H95BN8. The Morgan fingerprint density at radius 1 is 0.250 bits per heavy atom. The Morgan fingerprint density at radius 3 is 0.903 bits per heavy atom. The van der Waals surface area contributed by atoms with Gasteiger partial charge in [-0.1, -0.05) is 332 Å². The van der Waals surface area contributed by atoms with Crippen LogP contribution >= 0.6 is 0 Å². The van der Waals surface area contributed by atoms with Crippen LogP contribution in [0.3, 0.4) is 0 Å². The minimum atomic E-state index is -0.921. The maximum Gasteiger partial charge on any atom is 0.252 e. The summed E-state index contributed by atoms with van der Waals surface area (Å²) in [5, 5.41) is 1.52. The summed E-state index contributed by atoms with van der Waals surface area (Å²) in [5.41, 5.74) is 16.7. The molecule has 20 aromatic rings. The molecular weight excluding hydrogens is 1500 g/mol. The van der Waals surface area contributed by atoms with Gasteiger partial charge in [0, 0.05) is 99.8 Å². The van der Waals surface area contributed by atoms with Gasteiger partial charge in [-0.2, -0.15) is 0 Å². The van der Waals surface area contributed by atoms with Crippen molar-refractivity contribution >= 4 is 123 Å². The van der Waals surface area contributed by atoms with Gasteiger partial charge >= 0.3 is 0 Å². The third-order valence-corrected chi connectivity index (χ3v) is 25.0. The van der Waals surface area contributed by atoms with Crippen LogP contribution in [0.15, 0.2) is 358 Å². The molecule has 0 N–H and O–H groups in total. The lowest BCUT2D eigenvalue weighted by atomic mass is 9.33. The number of hydrogen-bond donors (Lipinski definition) is 0. The molecule has 0 radical (unpaired) electrons. The van der Waals surface area contributed by atoms with E-state index < -0.39 is 114 Å². The highest BCUT2D eigenvalue weighted by molar-refractivity contribution is 7.00. The number of hydrogen-bond acceptors (Lipinski definition) is 5. The van der Waals surface area contributed by atoms with E-state index in [0.717, 1.165) is 99.7 Å². The van der Waals surface area contributed by atoms with Crippen molar-refractivity contribution in [2.75, 3.05) is 9.80 Å². The van der Waals surface area contributed by atoms with Gasteiger partial charge in [0.15, 0.2) is 17.5 Å². The summed E-state index contributed by atoms with van der Waals surface area (Å²) in [7, 11) is 0. The molecule has 8 nitrogen and oxygen atoms in total. The van der Waals surface area contributed by atoms with E-state index in [1.165, 1.54) is 0 Å². The first kappa shape index (κ1) is 60.1. The lowest BCUT2D eigenvalue weighted by Crippen LogP contribution is -2.61.